The lowest BCUT2D eigenvalue weighted by molar-refractivity contribution is -0.120. The first kappa shape index (κ1) is 21.3. The molecular formula is C22H23Cl2N3O2. The third-order valence-electron chi connectivity index (χ3n) is 5.05. The molecule has 2 aromatic carbocycles. The summed E-state index contributed by atoms with van der Waals surface area (Å²) < 4.78 is 0. The van der Waals surface area contributed by atoms with E-state index < -0.39 is 5.91 Å². The molecule has 2 amide bonds. The molecule has 0 aromatic heterocycles. The molecule has 152 valence electrons. The second-order valence-corrected chi connectivity index (χ2v) is 8.01. The predicted molar refractivity (Wildman–Crippen MR) is 118 cm³/mol. The van der Waals surface area contributed by atoms with E-state index >= 15 is 0 Å². The summed E-state index contributed by atoms with van der Waals surface area (Å²) in [5, 5.41) is 7.85. The van der Waals surface area contributed by atoms with E-state index in [1.165, 1.54) is 12.5 Å². The molecule has 0 spiro atoms. The van der Waals surface area contributed by atoms with Crippen LogP contribution in [0.5, 0.6) is 0 Å². The van der Waals surface area contributed by atoms with Gasteiger partial charge in [-0.05, 0) is 55.7 Å². The zero-order valence-corrected chi connectivity index (χ0v) is 17.7. The molecule has 1 saturated carbocycles. The Balaban J connectivity index is 1.59. The van der Waals surface area contributed by atoms with Crippen molar-refractivity contribution in [3.05, 3.63) is 63.6 Å². The number of carbonyl (C=O) groups excluding carboxylic acids is 2. The second kappa shape index (κ2) is 9.90. The summed E-state index contributed by atoms with van der Waals surface area (Å²) in [7, 11) is 0. The maximum atomic E-state index is 12.3. The first-order valence-electron chi connectivity index (χ1n) is 9.65. The smallest absolute Gasteiger partial charge is 0.272 e. The van der Waals surface area contributed by atoms with Crippen LogP contribution in [-0.4, -0.2) is 17.5 Å². The average molecular weight is 432 g/mol. The van der Waals surface area contributed by atoms with Gasteiger partial charge in [-0.25, -0.2) is 5.43 Å². The fourth-order valence-electron chi connectivity index (χ4n) is 3.34. The highest BCUT2D eigenvalue weighted by atomic mass is 35.5. The number of hydrazone groups is 1. The number of hydrogen-bond acceptors (Lipinski definition) is 3. The Labute approximate surface area is 180 Å². The minimum Gasteiger partial charge on any atom is -0.326 e. The quantitative estimate of drug-likeness (QED) is 0.472. The molecule has 3 rings (SSSR count). The number of halogens is 2. The van der Waals surface area contributed by atoms with Gasteiger partial charge in [0.2, 0.25) is 5.91 Å². The zero-order valence-electron chi connectivity index (χ0n) is 16.2. The third kappa shape index (κ3) is 5.81. The van der Waals surface area contributed by atoms with Crippen molar-refractivity contribution < 1.29 is 9.59 Å². The number of nitrogens with zero attached hydrogens (tertiary/aromatic N) is 1. The zero-order chi connectivity index (χ0) is 20.8. The minimum atomic E-state index is -0.414. The number of amides is 2. The monoisotopic (exact) mass is 431 g/mol. The minimum absolute atomic E-state index is 0.0925. The fraction of sp³-hybridized carbons (Fsp3) is 0.318. The standard InChI is InChI=1S/C22H23Cl2N3O2/c1-14(26-27-22(29)19-12-9-17(23)13-20(19)24)15-7-10-18(11-8-15)25-21(28)16-5-3-2-4-6-16/h7-13,16H,2-6H2,1H3,(H,25,28)(H,27,29). The van der Waals surface area contributed by atoms with Crippen molar-refractivity contribution in [2.45, 2.75) is 39.0 Å². The normalized spacial score (nSPS) is 15.1. The number of nitrogens with one attached hydrogen (secondary N) is 2. The van der Waals surface area contributed by atoms with Gasteiger partial charge in [-0.15, -0.1) is 0 Å². The van der Waals surface area contributed by atoms with Gasteiger partial charge >= 0.3 is 0 Å². The van der Waals surface area contributed by atoms with Gasteiger partial charge in [-0.1, -0.05) is 54.6 Å². The van der Waals surface area contributed by atoms with Gasteiger partial charge in [0, 0.05) is 16.6 Å². The van der Waals surface area contributed by atoms with Crippen LogP contribution in [0, 0.1) is 5.92 Å². The lowest BCUT2D eigenvalue weighted by atomic mass is 9.88. The maximum absolute atomic E-state index is 12.3. The van der Waals surface area contributed by atoms with E-state index in [4.69, 9.17) is 23.2 Å². The van der Waals surface area contributed by atoms with Crippen molar-refractivity contribution >= 4 is 46.4 Å². The van der Waals surface area contributed by atoms with Gasteiger partial charge < -0.3 is 5.32 Å². The number of benzene rings is 2. The van der Waals surface area contributed by atoms with Crippen LogP contribution in [0.3, 0.4) is 0 Å². The largest absolute Gasteiger partial charge is 0.326 e. The number of carbonyl (C=O) groups is 2. The summed E-state index contributed by atoms with van der Waals surface area (Å²) in [6, 6.07) is 12.1. The van der Waals surface area contributed by atoms with Crippen LogP contribution in [0.25, 0.3) is 0 Å². The van der Waals surface area contributed by atoms with Gasteiger partial charge in [-0.2, -0.15) is 5.10 Å². The van der Waals surface area contributed by atoms with E-state index in [0.29, 0.717) is 16.3 Å². The summed E-state index contributed by atoms with van der Waals surface area (Å²) in [6.45, 7) is 1.79. The topological polar surface area (TPSA) is 70.6 Å². The molecule has 0 unspecified atom stereocenters. The van der Waals surface area contributed by atoms with Crippen LogP contribution in [0.4, 0.5) is 5.69 Å². The van der Waals surface area contributed by atoms with E-state index in [1.54, 1.807) is 19.1 Å². The Kier molecular flexibility index (Phi) is 7.29. The summed E-state index contributed by atoms with van der Waals surface area (Å²) in [6.07, 6.45) is 5.40. The van der Waals surface area contributed by atoms with Crippen LogP contribution < -0.4 is 10.7 Å². The van der Waals surface area contributed by atoms with Crippen LogP contribution in [0.2, 0.25) is 10.0 Å². The maximum Gasteiger partial charge on any atom is 0.272 e. The van der Waals surface area contributed by atoms with Gasteiger partial charge in [-0.3, -0.25) is 9.59 Å². The summed E-state index contributed by atoms with van der Waals surface area (Å²) in [5.41, 5.74) is 5.03. The summed E-state index contributed by atoms with van der Waals surface area (Å²) >= 11 is 11.9. The molecule has 1 fully saturated rings. The van der Waals surface area contributed by atoms with Crippen molar-refractivity contribution in [1.29, 1.82) is 0 Å². The Morgan fingerprint density at radius 3 is 2.34 bits per heavy atom. The van der Waals surface area contributed by atoms with E-state index in [1.807, 2.05) is 24.3 Å². The Bertz CT molecular complexity index is 920. The first-order chi connectivity index (χ1) is 13.9. The summed E-state index contributed by atoms with van der Waals surface area (Å²) in [5.74, 6) is -0.209. The third-order valence-corrected chi connectivity index (χ3v) is 5.59. The Morgan fingerprint density at radius 1 is 1.00 bits per heavy atom. The van der Waals surface area contributed by atoms with Gasteiger partial charge in [0.05, 0.1) is 16.3 Å². The van der Waals surface area contributed by atoms with Crippen LogP contribution in [0.1, 0.15) is 54.9 Å². The molecule has 29 heavy (non-hydrogen) atoms. The highest BCUT2D eigenvalue weighted by Crippen LogP contribution is 2.25. The molecule has 0 atom stereocenters. The molecule has 5 nitrogen and oxygen atoms in total. The number of anilines is 1. The fourth-order valence-corrected chi connectivity index (χ4v) is 3.83. The molecule has 0 bridgehead atoms. The molecule has 0 aliphatic heterocycles. The van der Waals surface area contributed by atoms with E-state index in [0.717, 1.165) is 36.9 Å². The Morgan fingerprint density at radius 2 is 1.69 bits per heavy atom. The predicted octanol–water partition coefficient (Wildman–Crippen LogP) is 5.67. The molecule has 7 heteroatoms. The van der Waals surface area contributed by atoms with Crippen molar-refractivity contribution in [3.8, 4) is 0 Å². The van der Waals surface area contributed by atoms with Crippen molar-refractivity contribution in [1.82, 2.24) is 5.43 Å². The van der Waals surface area contributed by atoms with Crippen LogP contribution >= 0.6 is 23.2 Å². The average Bonchev–Trinajstić information content (AvgIpc) is 2.73. The number of rotatable bonds is 5. The highest BCUT2D eigenvalue weighted by molar-refractivity contribution is 6.36. The van der Waals surface area contributed by atoms with Gasteiger partial charge in [0.15, 0.2) is 0 Å². The lowest BCUT2D eigenvalue weighted by Gasteiger charge is -2.20. The molecule has 0 radical (unpaired) electrons. The van der Waals surface area contributed by atoms with Gasteiger partial charge in [0.25, 0.3) is 5.91 Å². The molecule has 0 heterocycles. The van der Waals surface area contributed by atoms with Crippen LogP contribution in [-0.2, 0) is 4.79 Å². The van der Waals surface area contributed by atoms with Crippen molar-refractivity contribution in [2.24, 2.45) is 11.0 Å². The summed E-state index contributed by atoms with van der Waals surface area (Å²) in [4.78, 5) is 24.6. The van der Waals surface area contributed by atoms with Crippen LogP contribution in [0.15, 0.2) is 47.6 Å². The van der Waals surface area contributed by atoms with Gasteiger partial charge in [0.1, 0.15) is 0 Å². The molecule has 2 aromatic rings. The molecule has 1 aliphatic carbocycles. The van der Waals surface area contributed by atoms with Crippen molar-refractivity contribution in [3.63, 3.8) is 0 Å². The second-order valence-electron chi connectivity index (χ2n) is 7.16. The lowest BCUT2D eigenvalue weighted by Crippen LogP contribution is -2.24. The Hall–Kier alpha value is -2.37. The van der Waals surface area contributed by atoms with Crippen molar-refractivity contribution in [2.75, 3.05) is 5.32 Å². The molecule has 1 aliphatic rings. The first-order valence-corrected chi connectivity index (χ1v) is 10.4. The number of hydrogen-bond donors (Lipinski definition) is 2. The van der Waals surface area contributed by atoms with E-state index in [-0.39, 0.29) is 16.8 Å². The molecule has 0 saturated heterocycles. The highest BCUT2D eigenvalue weighted by Gasteiger charge is 2.21. The van der Waals surface area contributed by atoms with E-state index in [9.17, 15) is 9.59 Å². The molecular weight excluding hydrogens is 409 g/mol. The SMILES string of the molecule is CC(=NNC(=O)c1ccc(Cl)cc1Cl)c1ccc(NC(=O)C2CCCCC2)cc1. The molecule has 2 N–H and O–H groups in total. The van der Waals surface area contributed by atoms with E-state index in [2.05, 4.69) is 15.8 Å².